The summed E-state index contributed by atoms with van der Waals surface area (Å²) in [7, 11) is 0. The van der Waals surface area contributed by atoms with Gasteiger partial charge in [0.25, 0.3) is 0 Å². The number of nitrogens with zero attached hydrogens (tertiary/aromatic N) is 1. The average Bonchev–Trinajstić information content (AvgIpc) is 2.17. The van der Waals surface area contributed by atoms with E-state index in [1.165, 1.54) is 6.92 Å². The highest BCUT2D eigenvalue weighted by molar-refractivity contribution is 6.42. The average molecular weight is 240 g/mol. The third kappa shape index (κ3) is 1.71. The smallest absolute Gasteiger partial charge is 0.164 e. The van der Waals surface area contributed by atoms with Gasteiger partial charge in [0, 0.05) is 5.39 Å². The van der Waals surface area contributed by atoms with E-state index in [-0.39, 0.29) is 16.5 Å². The predicted molar refractivity (Wildman–Crippen MR) is 61.8 cm³/mol. The molecule has 4 heteroatoms. The van der Waals surface area contributed by atoms with Crippen LogP contribution in [0.2, 0.25) is 10.2 Å². The lowest BCUT2D eigenvalue weighted by atomic mass is 10.1. The first-order valence-electron chi connectivity index (χ1n) is 4.36. The van der Waals surface area contributed by atoms with Crippen LogP contribution in [0.5, 0.6) is 0 Å². The molecular weight excluding hydrogens is 233 g/mol. The maximum absolute atomic E-state index is 11.3. The molecule has 0 saturated carbocycles. The summed E-state index contributed by atoms with van der Waals surface area (Å²) in [6.07, 6.45) is 0. The van der Waals surface area contributed by atoms with Gasteiger partial charge in [-0.3, -0.25) is 4.79 Å². The molecule has 1 heterocycles. The van der Waals surface area contributed by atoms with Crippen LogP contribution >= 0.6 is 23.2 Å². The van der Waals surface area contributed by atoms with E-state index in [0.29, 0.717) is 10.5 Å². The van der Waals surface area contributed by atoms with Crippen LogP contribution in [0.3, 0.4) is 0 Å². The van der Waals surface area contributed by atoms with E-state index in [4.69, 9.17) is 23.2 Å². The van der Waals surface area contributed by atoms with E-state index in [1.54, 1.807) is 6.07 Å². The van der Waals surface area contributed by atoms with Crippen molar-refractivity contribution in [3.63, 3.8) is 0 Å². The molecule has 0 aliphatic carbocycles. The Hall–Kier alpha value is -1.12. The number of aromatic nitrogens is 1. The Morgan fingerprint density at radius 3 is 2.60 bits per heavy atom. The Balaban J connectivity index is 2.90. The molecule has 1 aromatic heterocycles. The number of benzene rings is 1. The Morgan fingerprint density at radius 2 is 1.93 bits per heavy atom. The minimum absolute atomic E-state index is 0.159. The third-order valence-corrected chi connectivity index (χ3v) is 2.80. The Labute approximate surface area is 96.8 Å². The summed E-state index contributed by atoms with van der Waals surface area (Å²) in [6, 6.07) is 7.30. The van der Waals surface area contributed by atoms with Crippen molar-refractivity contribution in [2.75, 3.05) is 0 Å². The lowest BCUT2D eigenvalue weighted by molar-refractivity contribution is 0.101. The molecule has 0 radical (unpaired) electrons. The van der Waals surface area contributed by atoms with Crippen LogP contribution in [-0.4, -0.2) is 10.8 Å². The first-order chi connectivity index (χ1) is 7.11. The highest BCUT2D eigenvalue weighted by Gasteiger charge is 2.15. The van der Waals surface area contributed by atoms with Crippen molar-refractivity contribution in [2.24, 2.45) is 0 Å². The minimum Gasteiger partial charge on any atom is -0.294 e. The maximum Gasteiger partial charge on any atom is 0.164 e. The number of ketones is 1. The van der Waals surface area contributed by atoms with Crippen molar-refractivity contribution in [1.29, 1.82) is 0 Å². The second kappa shape index (κ2) is 3.80. The summed E-state index contributed by atoms with van der Waals surface area (Å²) >= 11 is 12.0. The van der Waals surface area contributed by atoms with Gasteiger partial charge in [0.2, 0.25) is 0 Å². The molecule has 15 heavy (non-hydrogen) atoms. The van der Waals surface area contributed by atoms with Crippen molar-refractivity contribution in [2.45, 2.75) is 6.92 Å². The first kappa shape index (κ1) is 10.4. The Morgan fingerprint density at radius 1 is 1.27 bits per heavy atom. The molecule has 0 amide bonds. The van der Waals surface area contributed by atoms with Crippen LogP contribution in [0.25, 0.3) is 10.9 Å². The van der Waals surface area contributed by atoms with Crippen molar-refractivity contribution >= 4 is 39.9 Å². The first-order valence-corrected chi connectivity index (χ1v) is 5.11. The molecule has 0 bridgehead atoms. The van der Waals surface area contributed by atoms with Gasteiger partial charge < -0.3 is 0 Å². The lowest BCUT2D eigenvalue weighted by Gasteiger charge is -2.06. The molecule has 0 aliphatic heterocycles. The number of rotatable bonds is 1. The van der Waals surface area contributed by atoms with Crippen LogP contribution in [0.4, 0.5) is 0 Å². The van der Waals surface area contributed by atoms with Crippen LogP contribution in [0, 0.1) is 0 Å². The second-order valence-corrected chi connectivity index (χ2v) is 3.90. The van der Waals surface area contributed by atoms with Gasteiger partial charge in [-0.05, 0) is 13.0 Å². The molecule has 0 saturated heterocycles. The van der Waals surface area contributed by atoms with Crippen LogP contribution in [-0.2, 0) is 0 Å². The van der Waals surface area contributed by atoms with Crippen LogP contribution in [0.15, 0.2) is 24.3 Å². The number of carbonyl (C=O) groups excluding carboxylic acids is 1. The number of Topliss-reactive ketones (excluding diaryl/α,β-unsaturated/α-hetero) is 1. The predicted octanol–water partition coefficient (Wildman–Crippen LogP) is 3.74. The fourth-order valence-electron chi connectivity index (χ4n) is 1.44. The summed E-state index contributed by atoms with van der Waals surface area (Å²) in [5.41, 5.74) is 0.981. The van der Waals surface area contributed by atoms with Gasteiger partial charge in [-0.2, -0.15) is 0 Å². The van der Waals surface area contributed by atoms with Crippen molar-refractivity contribution < 1.29 is 4.79 Å². The largest absolute Gasteiger partial charge is 0.294 e. The number of fused-ring (bicyclic) bond motifs is 1. The van der Waals surface area contributed by atoms with Gasteiger partial charge in [-0.25, -0.2) is 4.98 Å². The molecule has 0 spiro atoms. The molecule has 0 unspecified atom stereocenters. The monoisotopic (exact) mass is 239 g/mol. The van der Waals surface area contributed by atoms with Gasteiger partial charge in [0.15, 0.2) is 5.78 Å². The molecule has 2 aromatic rings. The molecular formula is C11H7Cl2NO. The zero-order chi connectivity index (χ0) is 11.0. The summed E-state index contributed by atoms with van der Waals surface area (Å²) < 4.78 is 0. The summed E-state index contributed by atoms with van der Waals surface area (Å²) in [5.74, 6) is -0.178. The highest BCUT2D eigenvalue weighted by Crippen LogP contribution is 2.30. The number of hydrogen-bond donors (Lipinski definition) is 0. The van der Waals surface area contributed by atoms with E-state index in [9.17, 15) is 4.79 Å². The number of hydrogen-bond acceptors (Lipinski definition) is 2. The summed E-state index contributed by atoms with van der Waals surface area (Å²) in [6.45, 7) is 1.42. The number of carbonyl (C=O) groups is 1. The van der Waals surface area contributed by atoms with E-state index < -0.39 is 0 Å². The topological polar surface area (TPSA) is 30.0 Å². The quantitative estimate of drug-likeness (QED) is 0.561. The SMILES string of the molecule is CC(=O)c1c(Cl)nc2ccccc2c1Cl. The second-order valence-electron chi connectivity index (χ2n) is 3.16. The Bertz CT molecular complexity index is 552. The van der Waals surface area contributed by atoms with Gasteiger partial charge in [0.05, 0.1) is 16.1 Å². The zero-order valence-electron chi connectivity index (χ0n) is 7.92. The maximum atomic E-state index is 11.3. The third-order valence-electron chi connectivity index (χ3n) is 2.14. The van der Waals surface area contributed by atoms with Gasteiger partial charge in [0.1, 0.15) is 5.15 Å². The molecule has 2 nitrogen and oxygen atoms in total. The van der Waals surface area contributed by atoms with Crippen molar-refractivity contribution in [3.8, 4) is 0 Å². The van der Waals surface area contributed by atoms with E-state index >= 15 is 0 Å². The molecule has 0 atom stereocenters. The molecule has 1 aromatic carbocycles. The Kier molecular flexibility index (Phi) is 2.63. The molecule has 0 fully saturated rings. The zero-order valence-corrected chi connectivity index (χ0v) is 9.43. The number of halogens is 2. The van der Waals surface area contributed by atoms with Crippen molar-refractivity contribution in [3.05, 3.63) is 40.0 Å². The van der Waals surface area contributed by atoms with Gasteiger partial charge in [-0.15, -0.1) is 0 Å². The van der Waals surface area contributed by atoms with Crippen LogP contribution in [0.1, 0.15) is 17.3 Å². The standard InChI is InChI=1S/C11H7Cl2NO/c1-6(15)9-10(12)7-4-2-3-5-8(7)14-11(9)13/h2-5H,1H3. The fourth-order valence-corrected chi connectivity index (χ4v) is 2.19. The van der Waals surface area contributed by atoms with E-state index in [0.717, 1.165) is 5.39 Å². The van der Waals surface area contributed by atoms with E-state index in [2.05, 4.69) is 4.98 Å². The fraction of sp³-hybridized carbons (Fsp3) is 0.0909. The number of para-hydroxylation sites is 1. The number of pyridine rings is 1. The van der Waals surface area contributed by atoms with Crippen LogP contribution < -0.4 is 0 Å². The highest BCUT2D eigenvalue weighted by atomic mass is 35.5. The van der Waals surface area contributed by atoms with Crippen molar-refractivity contribution in [1.82, 2.24) is 4.98 Å². The minimum atomic E-state index is -0.178. The molecule has 0 aliphatic rings. The molecule has 2 rings (SSSR count). The van der Waals surface area contributed by atoms with Gasteiger partial charge in [-0.1, -0.05) is 41.4 Å². The lowest BCUT2D eigenvalue weighted by Crippen LogP contribution is -1.98. The molecule has 0 N–H and O–H groups in total. The summed E-state index contributed by atoms with van der Waals surface area (Å²) in [5, 5.41) is 1.28. The van der Waals surface area contributed by atoms with E-state index in [1.807, 2.05) is 18.2 Å². The molecule has 76 valence electrons. The summed E-state index contributed by atoms with van der Waals surface area (Å²) in [4.78, 5) is 15.4. The van der Waals surface area contributed by atoms with Gasteiger partial charge >= 0.3 is 0 Å². The normalized spacial score (nSPS) is 10.6.